The van der Waals surface area contributed by atoms with Gasteiger partial charge in [-0.25, -0.2) is 0 Å². The van der Waals surface area contributed by atoms with E-state index in [9.17, 15) is 9.59 Å². The second-order valence-electron chi connectivity index (χ2n) is 4.08. The number of esters is 1. The SMILES string of the molecule is CN(C)CCC(=O)O.COC(=O)CCN(C)C. The van der Waals surface area contributed by atoms with Gasteiger partial charge in [0.05, 0.1) is 20.0 Å². The number of carboxylic acids is 1. The van der Waals surface area contributed by atoms with Gasteiger partial charge in [0.1, 0.15) is 0 Å². The Morgan fingerprint density at radius 1 is 1.00 bits per heavy atom. The van der Waals surface area contributed by atoms with E-state index in [1.54, 1.807) is 0 Å². The second-order valence-corrected chi connectivity index (χ2v) is 4.08. The van der Waals surface area contributed by atoms with Gasteiger partial charge in [-0.15, -0.1) is 0 Å². The van der Waals surface area contributed by atoms with Crippen LogP contribution >= 0.6 is 0 Å². The lowest BCUT2D eigenvalue weighted by Crippen LogP contribution is -2.17. The second kappa shape index (κ2) is 11.3. The fourth-order valence-corrected chi connectivity index (χ4v) is 0.736. The fourth-order valence-electron chi connectivity index (χ4n) is 0.736. The van der Waals surface area contributed by atoms with Crippen LogP contribution in [0.4, 0.5) is 0 Å². The lowest BCUT2D eigenvalue weighted by Gasteiger charge is -2.06. The Morgan fingerprint density at radius 3 is 1.65 bits per heavy atom. The molecule has 102 valence electrons. The van der Waals surface area contributed by atoms with Crippen LogP contribution in [0.25, 0.3) is 0 Å². The van der Waals surface area contributed by atoms with Crippen molar-refractivity contribution in [2.45, 2.75) is 12.8 Å². The standard InChI is InChI=1S/C6H13NO2.C5H11NO2/c1-7(2)5-4-6(8)9-3;1-6(2)4-3-5(7)8/h4-5H2,1-3H3;3-4H2,1-2H3,(H,7,8). The number of methoxy groups -OCH3 is 1. The highest BCUT2D eigenvalue weighted by atomic mass is 16.5. The maximum absolute atomic E-state index is 10.5. The van der Waals surface area contributed by atoms with Gasteiger partial charge in [-0.05, 0) is 28.2 Å². The monoisotopic (exact) mass is 248 g/mol. The van der Waals surface area contributed by atoms with Gasteiger partial charge in [0.2, 0.25) is 0 Å². The van der Waals surface area contributed by atoms with Crippen LogP contribution < -0.4 is 0 Å². The van der Waals surface area contributed by atoms with E-state index >= 15 is 0 Å². The van der Waals surface area contributed by atoms with E-state index < -0.39 is 5.97 Å². The van der Waals surface area contributed by atoms with Crippen LogP contribution in [-0.4, -0.2) is 75.2 Å². The molecule has 0 spiro atoms. The van der Waals surface area contributed by atoms with Gasteiger partial charge in [-0.2, -0.15) is 0 Å². The van der Waals surface area contributed by atoms with Crippen molar-refractivity contribution in [1.29, 1.82) is 0 Å². The van der Waals surface area contributed by atoms with E-state index in [0.29, 0.717) is 13.0 Å². The van der Waals surface area contributed by atoms with Gasteiger partial charge in [-0.3, -0.25) is 9.59 Å². The van der Waals surface area contributed by atoms with Gasteiger partial charge in [0.25, 0.3) is 0 Å². The molecule has 6 nitrogen and oxygen atoms in total. The smallest absolute Gasteiger partial charge is 0.306 e. The number of carboxylic acid groups (broad SMARTS) is 1. The highest BCUT2D eigenvalue weighted by molar-refractivity contribution is 5.69. The van der Waals surface area contributed by atoms with Crippen LogP contribution in [0, 0.1) is 0 Å². The third-order valence-electron chi connectivity index (χ3n) is 1.76. The molecule has 0 aromatic heterocycles. The summed E-state index contributed by atoms with van der Waals surface area (Å²) in [4.78, 5) is 24.1. The fraction of sp³-hybridized carbons (Fsp3) is 0.818. The first-order valence-corrected chi connectivity index (χ1v) is 5.37. The third kappa shape index (κ3) is 20.8. The van der Waals surface area contributed by atoms with Crippen molar-refractivity contribution in [3.05, 3.63) is 0 Å². The topological polar surface area (TPSA) is 70.1 Å². The van der Waals surface area contributed by atoms with E-state index in [1.807, 2.05) is 38.0 Å². The van der Waals surface area contributed by atoms with Crippen molar-refractivity contribution in [2.24, 2.45) is 0 Å². The Morgan fingerprint density at radius 2 is 1.41 bits per heavy atom. The maximum atomic E-state index is 10.5. The zero-order valence-corrected chi connectivity index (χ0v) is 11.4. The van der Waals surface area contributed by atoms with Gasteiger partial charge < -0.3 is 19.6 Å². The van der Waals surface area contributed by atoms with Crippen molar-refractivity contribution in [3.63, 3.8) is 0 Å². The highest BCUT2D eigenvalue weighted by Gasteiger charge is 1.98. The van der Waals surface area contributed by atoms with Crippen LogP contribution in [0.3, 0.4) is 0 Å². The van der Waals surface area contributed by atoms with Gasteiger partial charge >= 0.3 is 11.9 Å². The molecule has 0 saturated carbocycles. The van der Waals surface area contributed by atoms with Crippen molar-refractivity contribution in [3.8, 4) is 0 Å². The molecule has 0 unspecified atom stereocenters. The average Bonchev–Trinajstić information content (AvgIpc) is 2.23. The van der Waals surface area contributed by atoms with Crippen LogP contribution in [0.5, 0.6) is 0 Å². The molecule has 6 heteroatoms. The Balaban J connectivity index is 0. The summed E-state index contributed by atoms with van der Waals surface area (Å²) >= 11 is 0. The zero-order chi connectivity index (χ0) is 13.8. The Bertz CT molecular complexity index is 218. The number of carbonyl (C=O) groups excluding carboxylic acids is 1. The number of ether oxygens (including phenoxy) is 1. The molecule has 0 aromatic carbocycles. The highest BCUT2D eigenvalue weighted by Crippen LogP contribution is 1.85. The Hall–Kier alpha value is -1.14. The molecule has 0 saturated heterocycles. The number of hydrogen-bond donors (Lipinski definition) is 1. The van der Waals surface area contributed by atoms with Crippen molar-refractivity contribution in [2.75, 3.05) is 48.4 Å². The van der Waals surface area contributed by atoms with Crippen molar-refractivity contribution >= 4 is 11.9 Å². The minimum absolute atomic E-state index is 0.149. The van der Waals surface area contributed by atoms with E-state index in [2.05, 4.69) is 4.74 Å². The maximum Gasteiger partial charge on any atom is 0.306 e. The summed E-state index contributed by atoms with van der Waals surface area (Å²) in [7, 11) is 8.94. The number of carbonyl (C=O) groups is 2. The van der Waals surface area contributed by atoms with Crippen LogP contribution in [0.2, 0.25) is 0 Å². The Labute approximate surface area is 103 Å². The molecular formula is C11H24N2O4. The van der Waals surface area contributed by atoms with Crippen LogP contribution in [0.1, 0.15) is 12.8 Å². The van der Waals surface area contributed by atoms with E-state index in [1.165, 1.54) is 7.11 Å². The lowest BCUT2D eigenvalue weighted by molar-refractivity contribution is -0.141. The molecular weight excluding hydrogens is 224 g/mol. The molecule has 0 aliphatic heterocycles. The molecule has 0 aliphatic carbocycles. The van der Waals surface area contributed by atoms with Crippen LogP contribution in [0.15, 0.2) is 0 Å². The summed E-state index contributed by atoms with van der Waals surface area (Å²) in [6, 6.07) is 0. The quantitative estimate of drug-likeness (QED) is 0.674. The van der Waals surface area contributed by atoms with Crippen LogP contribution in [-0.2, 0) is 14.3 Å². The summed E-state index contributed by atoms with van der Waals surface area (Å²) in [5.41, 5.74) is 0. The third-order valence-corrected chi connectivity index (χ3v) is 1.76. The first-order chi connectivity index (χ1) is 7.79. The molecule has 0 bridgehead atoms. The largest absolute Gasteiger partial charge is 0.481 e. The van der Waals surface area contributed by atoms with E-state index in [-0.39, 0.29) is 12.4 Å². The minimum atomic E-state index is -0.737. The van der Waals surface area contributed by atoms with Gasteiger partial charge in [-0.1, -0.05) is 0 Å². The van der Waals surface area contributed by atoms with Crippen molar-refractivity contribution < 1.29 is 19.4 Å². The molecule has 0 atom stereocenters. The lowest BCUT2D eigenvalue weighted by atomic mass is 10.4. The molecule has 0 fully saturated rings. The van der Waals surface area contributed by atoms with E-state index in [0.717, 1.165) is 6.54 Å². The number of aliphatic carboxylic acids is 1. The normalized spacial score (nSPS) is 9.82. The summed E-state index contributed by atoms with van der Waals surface area (Å²) in [5, 5.41) is 8.14. The number of rotatable bonds is 6. The summed E-state index contributed by atoms with van der Waals surface area (Å²) in [6.45, 7) is 1.38. The molecule has 0 aromatic rings. The summed E-state index contributed by atoms with van der Waals surface area (Å²) in [6.07, 6.45) is 0.705. The number of nitrogens with zero attached hydrogens (tertiary/aromatic N) is 2. The summed E-state index contributed by atoms with van der Waals surface area (Å²) < 4.78 is 4.43. The molecule has 17 heavy (non-hydrogen) atoms. The molecule has 0 radical (unpaired) electrons. The van der Waals surface area contributed by atoms with Crippen molar-refractivity contribution in [1.82, 2.24) is 9.80 Å². The summed E-state index contributed by atoms with van der Waals surface area (Å²) in [5.74, 6) is -0.887. The molecule has 1 N–H and O–H groups in total. The molecule has 0 amide bonds. The Kier molecular flexibility index (Phi) is 12.2. The predicted molar refractivity (Wildman–Crippen MR) is 66.0 cm³/mol. The van der Waals surface area contributed by atoms with Gasteiger partial charge in [0, 0.05) is 13.1 Å². The zero-order valence-electron chi connectivity index (χ0n) is 11.4. The predicted octanol–water partition coefficient (Wildman–Crippen LogP) is 0.134. The first kappa shape index (κ1) is 18.2. The van der Waals surface area contributed by atoms with E-state index in [4.69, 9.17) is 5.11 Å². The van der Waals surface area contributed by atoms with Gasteiger partial charge in [0.15, 0.2) is 0 Å². The molecule has 0 rings (SSSR count). The molecule has 0 aliphatic rings. The number of hydrogen-bond acceptors (Lipinski definition) is 5. The average molecular weight is 248 g/mol. The minimum Gasteiger partial charge on any atom is -0.481 e. The molecule has 0 heterocycles. The first-order valence-electron chi connectivity index (χ1n) is 5.37.